The molecule has 1 atom stereocenters. The molecular formula is C17H21N3O4S. The monoisotopic (exact) mass is 363 g/mol. The minimum atomic E-state index is -3.05. The number of aromatic nitrogens is 2. The highest BCUT2D eigenvalue weighted by atomic mass is 32.2. The standard InChI is InChI=1S/C17H21N3O4S/c1-12-3-5-13(6-4-12)16-20-19-15(24-16)8-7-14(21)18-17(2)9-10-25(22,23)11-17/h3-6H,7-11H2,1-2H3,(H,18,21)/t17-/m1/s1. The van der Waals surface area contributed by atoms with Gasteiger partial charge in [-0.05, 0) is 32.4 Å². The number of hydrogen-bond donors (Lipinski definition) is 1. The van der Waals surface area contributed by atoms with E-state index < -0.39 is 15.4 Å². The molecule has 7 nitrogen and oxygen atoms in total. The van der Waals surface area contributed by atoms with Crippen molar-refractivity contribution in [2.24, 2.45) is 0 Å². The predicted octanol–water partition coefficient (Wildman–Crippen LogP) is 1.67. The maximum Gasteiger partial charge on any atom is 0.247 e. The Hall–Kier alpha value is -2.22. The summed E-state index contributed by atoms with van der Waals surface area (Å²) in [4.78, 5) is 12.1. The van der Waals surface area contributed by atoms with Gasteiger partial charge in [0.15, 0.2) is 9.84 Å². The molecule has 3 rings (SSSR count). The molecule has 0 unspecified atom stereocenters. The van der Waals surface area contributed by atoms with E-state index in [0.717, 1.165) is 11.1 Å². The maximum atomic E-state index is 12.1. The Kier molecular flexibility index (Phi) is 4.64. The van der Waals surface area contributed by atoms with Crippen LogP contribution in [0.3, 0.4) is 0 Å². The molecular weight excluding hydrogens is 342 g/mol. The number of rotatable bonds is 5. The fourth-order valence-corrected chi connectivity index (χ4v) is 4.99. The first-order valence-electron chi connectivity index (χ1n) is 8.16. The highest BCUT2D eigenvalue weighted by Crippen LogP contribution is 2.23. The Balaban J connectivity index is 1.55. The van der Waals surface area contributed by atoms with Gasteiger partial charge in [0.25, 0.3) is 0 Å². The molecule has 1 aliphatic heterocycles. The lowest BCUT2D eigenvalue weighted by atomic mass is 10.0. The molecule has 25 heavy (non-hydrogen) atoms. The van der Waals surface area contributed by atoms with Crippen molar-refractivity contribution < 1.29 is 17.6 Å². The SMILES string of the molecule is Cc1ccc(-c2nnc(CCC(=O)N[C@]3(C)CCS(=O)(=O)C3)o2)cc1. The van der Waals surface area contributed by atoms with Gasteiger partial charge in [0, 0.05) is 18.4 Å². The Morgan fingerprint density at radius 3 is 2.64 bits per heavy atom. The lowest BCUT2D eigenvalue weighted by molar-refractivity contribution is -0.122. The van der Waals surface area contributed by atoms with Crippen LogP contribution in [0.4, 0.5) is 0 Å². The number of aryl methyl sites for hydroxylation is 2. The number of nitrogens with zero attached hydrogens (tertiary/aromatic N) is 2. The zero-order valence-corrected chi connectivity index (χ0v) is 15.1. The van der Waals surface area contributed by atoms with E-state index in [1.54, 1.807) is 6.92 Å². The van der Waals surface area contributed by atoms with Crippen LogP contribution in [0.5, 0.6) is 0 Å². The van der Waals surface area contributed by atoms with Gasteiger partial charge in [-0.25, -0.2) is 8.42 Å². The summed E-state index contributed by atoms with van der Waals surface area (Å²) in [5.74, 6) is 0.700. The molecule has 1 fully saturated rings. The maximum absolute atomic E-state index is 12.1. The smallest absolute Gasteiger partial charge is 0.247 e. The molecule has 2 aromatic rings. The third-order valence-electron chi connectivity index (χ3n) is 4.28. The molecule has 0 aliphatic carbocycles. The molecule has 1 saturated heterocycles. The van der Waals surface area contributed by atoms with Crippen molar-refractivity contribution in [2.45, 2.75) is 38.6 Å². The molecule has 8 heteroatoms. The first-order chi connectivity index (χ1) is 11.7. The third kappa shape index (κ3) is 4.45. The minimum absolute atomic E-state index is 0.0101. The number of nitrogens with one attached hydrogen (secondary N) is 1. The van der Waals surface area contributed by atoms with Crippen LogP contribution in [0.15, 0.2) is 28.7 Å². The van der Waals surface area contributed by atoms with Crippen molar-refractivity contribution in [3.8, 4) is 11.5 Å². The summed E-state index contributed by atoms with van der Waals surface area (Å²) in [6.45, 7) is 3.76. The van der Waals surface area contributed by atoms with Crippen molar-refractivity contribution >= 4 is 15.7 Å². The lowest BCUT2D eigenvalue weighted by Gasteiger charge is -2.23. The van der Waals surface area contributed by atoms with E-state index >= 15 is 0 Å². The van der Waals surface area contributed by atoms with Crippen LogP contribution >= 0.6 is 0 Å². The van der Waals surface area contributed by atoms with Crippen molar-refractivity contribution in [1.29, 1.82) is 0 Å². The first-order valence-corrected chi connectivity index (χ1v) is 9.98. The number of amides is 1. The van der Waals surface area contributed by atoms with Crippen LogP contribution in [0.2, 0.25) is 0 Å². The van der Waals surface area contributed by atoms with Crippen LogP contribution in [-0.4, -0.2) is 41.6 Å². The van der Waals surface area contributed by atoms with E-state index in [9.17, 15) is 13.2 Å². The van der Waals surface area contributed by atoms with Crippen molar-refractivity contribution in [3.63, 3.8) is 0 Å². The highest BCUT2D eigenvalue weighted by Gasteiger charge is 2.39. The summed E-state index contributed by atoms with van der Waals surface area (Å²) >= 11 is 0. The van der Waals surface area contributed by atoms with Gasteiger partial charge in [0.05, 0.1) is 17.0 Å². The average Bonchev–Trinajstić information content (AvgIpc) is 3.10. The number of carbonyl (C=O) groups excluding carboxylic acids is 1. The van der Waals surface area contributed by atoms with Crippen LogP contribution in [0.25, 0.3) is 11.5 Å². The van der Waals surface area contributed by atoms with Gasteiger partial charge in [-0.15, -0.1) is 10.2 Å². The normalized spacial score (nSPS) is 22.0. The molecule has 1 aromatic heterocycles. The fraction of sp³-hybridized carbons (Fsp3) is 0.471. The average molecular weight is 363 g/mol. The summed E-state index contributed by atoms with van der Waals surface area (Å²) in [7, 11) is -3.05. The van der Waals surface area contributed by atoms with E-state index in [2.05, 4.69) is 15.5 Å². The quantitative estimate of drug-likeness (QED) is 0.867. The van der Waals surface area contributed by atoms with Crippen molar-refractivity contribution in [1.82, 2.24) is 15.5 Å². The van der Waals surface area contributed by atoms with Gasteiger partial charge < -0.3 is 9.73 Å². The minimum Gasteiger partial charge on any atom is -0.421 e. The van der Waals surface area contributed by atoms with E-state index in [4.69, 9.17) is 4.42 Å². The molecule has 0 bridgehead atoms. The second-order valence-electron chi connectivity index (χ2n) is 6.82. The van der Waals surface area contributed by atoms with Crippen LogP contribution < -0.4 is 5.32 Å². The fourth-order valence-electron chi connectivity index (χ4n) is 2.90. The third-order valence-corrected chi connectivity index (χ3v) is 6.18. The molecule has 1 N–H and O–H groups in total. The Morgan fingerprint density at radius 2 is 2.00 bits per heavy atom. The Bertz CT molecular complexity index is 874. The van der Waals surface area contributed by atoms with Crippen molar-refractivity contribution in [3.05, 3.63) is 35.7 Å². The zero-order chi connectivity index (χ0) is 18.1. The summed E-state index contributed by atoms with van der Waals surface area (Å²) in [5, 5.41) is 10.8. The van der Waals surface area contributed by atoms with E-state index in [0.29, 0.717) is 24.6 Å². The summed E-state index contributed by atoms with van der Waals surface area (Å²) in [5.41, 5.74) is 1.29. The molecule has 1 amide bonds. The largest absolute Gasteiger partial charge is 0.421 e. The number of hydrogen-bond acceptors (Lipinski definition) is 6. The summed E-state index contributed by atoms with van der Waals surface area (Å²) < 4.78 is 28.8. The molecule has 2 heterocycles. The van der Waals surface area contributed by atoms with Gasteiger partial charge in [-0.3, -0.25) is 4.79 Å². The lowest BCUT2D eigenvalue weighted by Crippen LogP contribution is -2.47. The van der Waals surface area contributed by atoms with Gasteiger partial charge in [-0.1, -0.05) is 17.7 Å². The number of sulfone groups is 1. The Labute approximate surface area is 146 Å². The first kappa shape index (κ1) is 17.6. The van der Waals surface area contributed by atoms with Crippen molar-refractivity contribution in [2.75, 3.05) is 11.5 Å². The van der Waals surface area contributed by atoms with Crippen LogP contribution in [0, 0.1) is 6.92 Å². The van der Waals surface area contributed by atoms with E-state index in [1.165, 1.54) is 0 Å². The highest BCUT2D eigenvalue weighted by molar-refractivity contribution is 7.91. The summed E-state index contributed by atoms with van der Waals surface area (Å²) in [6.07, 6.45) is 0.928. The van der Waals surface area contributed by atoms with Gasteiger partial charge in [-0.2, -0.15) is 0 Å². The molecule has 0 spiro atoms. The molecule has 0 saturated carbocycles. The zero-order valence-electron chi connectivity index (χ0n) is 14.3. The molecule has 0 radical (unpaired) electrons. The molecule has 1 aromatic carbocycles. The van der Waals surface area contributed by atoms with Crippen LogP contribution in [-0.2, 0) is 21.1 Å². The van der Waals surface area contributed by atoms with E-state index in [-0.39, 0.29) is 23.8 Å². The van der Waals surface area contributed by atoms with E-state index in [1.807, 2.05) is 31.2 Å². The predicted molar refractivity (Wildman–Crippen MR) is 92.6 cm³/mol. The van der Waals surface area contributed by atoms with Gasteiger partial charge in [0.1, 0.15) is 0 Å². The Morgan fingerprint density at radius 1 is 1.28 bits per heavy atom. The van der Waals surface area contributed by atoms with Crippen LogP contribution in [0.1, 0.15) is 31.2 Å². The topological polar surface area (TPSA) is 102 Å². The van der Waals surface area contributed by atoms with Gasteiger partial charge >= 0.3 is 0 Å². The summed E-state index contributed by atoms with van der Waals surface area (Å²) in [6, 6.07) is 7.73. The second kappa shape index (κ2) is 6.59. The van der Waals surface area contributed by atoms with Gasteiger partial charge in [0.2, 0.25) is 17.7 Å². The molecule has 1 aliphatic rings. The number of carbonyl (C=O) groups is 1. The second-order valence-corrected chi connectivity index (χ2v) is 9.00. The number of benzene rings is 1. The molecule has 134 valence electrons.